The summed E-state index contributed by atoms with van der Waals surface area (Å²) in [6.07, 6.45) is 0. The maximum Gasteiger partial charge on any atom is 0.251 e. The van der Waals surface area contributed by atoms with Gasteiger partial charge in [-0.2, -0.15) is 4.68 Å². The Hall–Kier alpha value is -3.61. The van der Waals surface area contributed by atoms with E-state index < -0.39 is 0 Å². The molecule has 1 N–H and O–H groups in total. The Morgan fingerprint density at radius 3 is 2.69 bits per heavy atom. The SMILES string of the molecule is O=C(NCc1nnnn1-c1cccc(F)c1)c1ccc2ccccc2c1. The summed E-state index contributed by atoms with van der Waals surface area (Å²) in [6.45, 7) is 0.120. The topological polar surface area (TPSA) is 72.7 Å². The lowest BCUT2D eigenvalue weighted by molar-refractivity contribution is 0.0949. The zero-order chi connectivity index (χ0) is 17.9. The highest BCUT2D eigenvalue weighted by atomic mass is 19.1. The molecule has 0 saturated heterocycles. The number of nitrogens with one attached hydrogen (secondary N) is 1. The molecule has 7 heteroatoms. The van der Waals surface area contributed by atoms with Crippen LogP contribution in [0.5, 0.6) is 0 Å². The molecule has 26 heavy (non-hydrogen) atoms. The fourth-order valence-electron chi connectivity index (χ4n) is 2.72. The molecule has 0 aliphatic rings. The van der Waals surface area contributed by atoms with E-state index in [0.29, 0.717) is 17.1 Å². The summed E-state index contributed by atoms with van der Waals surface area (Å²) in [5, 5.41) is 16.2. The lowest BCUT2D eigenvalue weighted by atomic mass is 10.1. The van der Waals surface area contributed by atoms with Gasteiger partial charge in [0, 0.05) is 5.56 Å². The Bertz CT molecular complexity index is 1090. The summed E-state index contributed by atoms with van der Waals surface area (Å²) in [7, 11) is 0. The van der Waals surface area contributed by atoms with Gasteiger partial charge in [-0.1, -0.05) is 36.4 Å². The highest BCUT2D eigenvalue weighted by molar-refractivity contribution is 5.98. The first-order valence-corrected chi connectivity index (χ1v) is 8.01. The van der Waals surface area contributed by atoms with Crippen molar-refractivity contribution in [3.8, 4) is 5.69 Å². The van der Waals surface area contributed by atoms with Crippen LogP contribution in [0, 0.1) is 5.82 Å². The summed E-state index contributed by atoms with van der Waals surface area (Å²) in [6, 6.07) is 19.3. The second kappa shape index (κ2) is 6.72. The Labute approximate surface area is 148 Å². The van der Waals surface area contributed by atoms with E-state index in [2.05, 4.69) is 20.8 Å². The van der Waals surface area contributed by atoms with Crippen LogP contribution in [0.15, 0.2) is 66.7 Å². The highest BCUT2D eigenvalue weighted by Gasteiger charge is 2.12. The third-order valence-corrected chi connectivity index (χ3v) is 4.01. The van der Waals surface area contributed by atoms with Gasteiger partial charge in [-0.05, 0) is 51.5 Å². The maximum atomic E-state index is 13.4. The van der Waals surface area contributed by atoms with E-state index in [4.69, 9.17) is 0 Å². The average molecular weight is 347 g/mol. The molecule has 1 amide bonds. The van der Waals surface area contributed by atoms with Gasteiger partial charge in [-0.25, -0.2) is 4.39 Å². The molecule has 0 spiro atoms. The maximum absolute atomic E-state index is 13.4. The molecule has 1 heterocycles. The first-order chi connectivity index (χ1) is 12.7. The zero-order valence-corrected chi connectivity index (χ0v) is 13.6. The van der Waals surface area contributed by atoms with Gasteiger partial charge >= 0.3 is 0 Å². The molecule has 0 aliphatic heterocycles. The molecule has 128 valence electrons. The van der Waals surface area contributed by atoms with Crippen molar-refractivity contribution in [3.05, 3.63) is 83.9 Å². The number of carbonyl (C=O) groups is 1. The van der Waals surface area contributed by atoms with Gasteiger partial charge in [-0.3, -0.25) is 4.79 Å². The first-order valence-electron chi connectivity index (χ1n) is 8.01. The van der Waals surface area contributed by atoms with Crippen LogP contribution >= 0.6 is 0 Å². The van der Waals surface area contributed by atoms with Crippen LogP contribution in [0.3, 0.4) is 0 Å². The largest absolute Gasteiger partial charge is 0.345 e. The van der Waals surface area contributed by atoms with Crippen LogP contribution in [0.4, 0.5) is 4.39 Å². The highest BCUT2D eigenvalue weighted by Crippen LogP contribution is 2.16. The standard InChI is InChI=1S/C19H14FN5O/c20-16-6-3-7-17(11-16)25-18(22-23-24-25)12-21-19(26)15-9-8-13-4-1-2-5-14(13)10-15/h1-11H,12H2,(H,21,26). The number of rotatable bonds is 4. The molecule has 3 aromatic carbocycles. The number of benzene rings is 3. The molecule has 0 aliphatic carbocycles. The molecule has 0 unspecified atom stereocenters. The predicted octanol–water partition coefficient (Wildman–Crippen LogP) is 2.88. The molecule has 0 bridgehead atoms. The number of tetrazole rings is 1. The van der Waals surface area contributed by atoms with Crippen molar-refractivity contribution in [3.63, 3.8) is 0 Å². The monoisotopic (exact) mass is 347 g/mol. The van der Waals surface area contributed by atoms with Gasteiger partial charge in [-0.15, -0.1) is 5.10 Å². The summed E-state index contributed by atoms with van der Waals surface area (Å²) in [5.74, 6) is -0.210. The number of hydrogen-bond donors (Lipinski definition) is 1. The number of fused-ring (bicyclic) bond motifs is 1. The van der Waals surface area contributed by atoms with E-state index in [1.807, 2.05) is 36.4 Å². The van der Waals surface area contributed by atoms with Gasteiger partial charge in [0.1, 0.15) is 5.82 Å². The molecule has 0 atom stereocenters. The minimum absolute atomic E-state index is 0.120. The van der Waals surface area contributed by atoms with Crippen molar-refractivity contribution in [2.24, 2.45) is 0 Å². The second-order valence-corrected chi connectivity index (χ2v) is 5.73. The Morgan fingerprint density at radius 2 is 1.85 bits per heavy atom. The molecule has 6 nitrogen and oxygen atoms in total. The first kappa shape index (κ1) is 15.9. The number of amides is 1. The van der Waals surface area contributed by atoms with Crippen LogP contribution in [0.1, 0.15) is 16.2 Å². The molecule has 4 rings (SSSR count). The zero-order valence-electron chi connectivity index (χ0n) is 13.6. The minimum atomic E-state index is -0.385. The quantitative estimate of drug-likeness (QED) is 0.616. The Kier molecular flexibility index (Phi) is 4.10. The summed E-state index contributed by atoms with van der Waals surface area (Å²) in [5.41, 5.74) is 1.04. The van der Waals surface area contributed by atoms with E-state index in [1.165, 1.54) is 16.8 Å². The van der Waals surface area contributed by atoms with Crippen LogP contribution in [-0.4, -0.2) is 26.1 Å². The van der Waals surface area contributed by atoms with E-state index in [1.54, 1.807) is 18.2 Å². The number of hydrogen-bond acceptors (Lipinski definition) is 4. The Balaban J connectivity index is 1.52. The molecular formula is C19H14FN5O. The average Bonchev–Trinajstić information content (AvgIpc) is 3.14. The van der Waals surface area contributed by atoms with Crippen LogP contribution < -0.4 is 5.32 Å². The minimum Gasteiger partial charge on any atom is -0.345 e. The van der Waals surface area contributed by atoms with Crippen molar-refractivity contribution in [1.29, 1.82) is 0 Å². The summed E-state index contributed by atoms with van der Waals surface area (Å²) < 4.78 is 14.8. The second-order valence-electron chi connectivity index (χ2n) is 5.73. The van der Waals surface area contributed by atoms with Crippen LogP contribution in [-0.2, 0) is 6.54 Å². The lowest BCUT2D eigenvalue weighted by Crippen LogP contribution is -2.24. The van der Waals surface area contributed by atoms with Crippen molar-refractivity contribution in [2.45, 2.75) is 6.54 Å². The smallest absolute Gasteiger partial charge is 0.251 e. The molecule has 4 aromatic rings. The summed E-state index contributed by atoms with van der Waals surface area (Å²) >= 11 is 0. The number of aromatic nitrogens is 4. The number of carbonyl (C=O) groups excluding carboxylic acids is 1. The molecular weight excluding hydrogens is 333 g/mol. The fraction of sp³-hybridized carbons (Fsp3) is 0.0526. The van der Waals surface area contributed by atoms with Crippen LogP contribution in [0.25, 0.3) is 16.5 Å². The Morgan fingerprint density at radius 1 is 1.00 bits per heavy atom. The van der Waals surface area contributed by atoms with Crippen molar-refractivity contribution in [1.82, 2.24) is 25.5 Å². The van der Waals surface area contributed by atoms with E-state index in [-0.39, 0.29) is 18.3 Å². The van der Waals surface area contributed by atoms with Gasteiger partial charge < -0.3 is 5.32 Å². The fourth-order valence-corrected chi connectivity index (χ4v) is 2.72. The van der Waals surface area contributed by atoms with Gasteiger partial charge in [0.05, 0.1) is 12.2 Å². The molecule has 0 radical (unpaired) electrons. The van der Waals surface area contributed by atoms with Gasteiger partial charge in [0.2, 0.25) is 0 Å². The third kappa shape index (κ3) is 3.14. The van der Waals surface area contributed by atoms with Crippen molar-refractivity contribution < 1.29 is 9.18 Å². The summed E-state index contributed by atoms with van der Waals surface area (Å²) in [4.78, 5) is 12.4. The number of nitrogens with zero attached hydrogens (tertiary/aromatic N) is 4. The van der Waals surface area contributed by atoms with Crippen molar-refractivity contribution in [2.75, 3.05) is 0 Å². The normalized spacial score (nSPS) is 10.8. The molecule has 0 fully saturated rings. The molecule has 0 saturated carbocycles. The molecule has 1 aromatic heterocycles. The van der Waals surface area contributed by atoms with E-state index in [0.717, 1.165) is 10.8 Å². The van der Waals surface area contributed by atoms with Crippen molar-refractivity contribution >= 4 is 16.7 Å². The predicted molar refractivity (Wildman–Crippen MR) is 94.2 cm³/mol. The number of halogens is 1. The lowest BCUT2D eigenvalue weighted by Gasteiger charge is -2.07. The van der Waals surface area contributed by atoms with Crippen LogP contribution in [0.2, 0.25) is 0 Å². The van der Waals surface area contributed by atoms with Gasteiger partial charge in [0.15, 0.2) is 5.82 Å². The van der Waals surface area contributed by atoms with Gasteiger partial charge in [0.25, 0.3) is 5.91 Å². The van der Waals surface area contributed by atoms with E-state index >= 15 is 0 Å². The third-order valence-electron chi connectivity index (χ3n) is 4.01. The van der Waals surface area contributed by atoms with E-state index in [9.17, 15) is 9.18 Å².